The summed E-state index contributed by atoms with van der Waals surface area (Å²) in [5.41, 5.74) is 5.44. The van der Waals surface area contributed by atoms with Gasteiger partial charge in [0.05, 0.1) is 13.4 Å². The second kappa shape index (κ2) is 8.02. The van der Waals surface area contributed by atoms with Gasteiger partial charge in [0.25, 0.3) is 5.56 Å². The van der Waals surface area contributed by atoms with Crippen LogP contribution in [-0.2, 0) is 0 Å². The number of aromatic nitrogens is 2. The van der Waals surface area contributed by atoms with Gasteiger partial charge in [0.15, 0.2) is 5.82 Å². The molecule has 6 heteroatoms. The van der Waals surface area contributed by atoms with Crippen molar-refractivity contribution in [3.8, 4) is 5.75 Å². The van der Waals surface area contributed by atoms with Crippen LogP contribution < -0.4 is 20.9 Å². The molecule has 21 heavy (non-hydrogen) atoms. The Morgan fingerprint density at radius 3 is 2.71 bits per heavy atom. The molecule has 1 aromatic heterocycles. The number of methoxy groups -OCH3 is 1. The maximum atomic E-state index is 11.9. The number of hydrogen-bond acceptors (Lipinski definition) is 5. The smallest absolute Gasteiger partial charge is 0.295 e. The molecule has 1 aliphatic carbocycles. The Balaban J connectivity index is 2.30. The van der Waals surface area contributed by atoms with E-state index in [1.807, 2.05) is 0 Å². The number of hydrogen-bond donors (Lipinski definition) is 2. The highest BCUT2D eigenvalue weighted by Crippen LogP contribution is 2.29. The normalized spacial score (nSPS) is 16.5. The van der Waals surface area contributed by atoms with Gasteiger partial charge >= 0.3 is 0 Å². The minimum absolute atomic E-state index is 0.228. The van der Waals surface area contributed by atoms with E-state index in [0.717, 1.165) is 25.8 Å². The molecule has 1 heterocycles. The maximum Gasteiger partial charge on any atom is 0.295 e. The third-order valence-electron chi connectivity index (χ3n) is 4.14. The molecule has 1 saturated carbocycles. The standard InChI is InChI=1S/C15H26N4O2/c1-21-13-14(17-11-18-15(13)20)19(10-6-9-16)12-7-4-2-3-5-8-12/h11-12H,2-10,16H2,1H3,(H,17,18,20). The van der Waals surface area contributed by atoms with Crippen LogP contribution >= 0.6 is 0 Å². The summed E-state index contributed by atoms with van der Waals surface area (Å²) < 4.78 is 5.28. The summed E-state index contributed by atoms with van der Waals surface area (Å²) in [4.78, 5) is 21.1. The summed E-state index contributed by atoms with van der Waals surface area (Å²) in [6, 6.07) is 0.419. The molecule has 0 spiro atoms. The Bertz CT molecular complexity index is 481. The molecule has 3 N–H and O–H groups in total. The minimum Gasteiger partial charge on any atom is -0.489 e. The highest BCUT2D eigenvalue weighted by atomic mass is 16.5. The molecule has 1 aromatic rings. The van der Waals surface area contributed by atoms with Gasteiger partial charge in [0.1, 0.15) is 0 Å². The number of ether oxygens (including phenoxy) is 1. The van der Waals surface area contributed by atoms with E-state index in [1.165, 1.54) is 39.1 Å². The van der Waals surface area contributed by atoms with Crippen LogP contribution in [0.2, 0.25) is 0 Å². The van der Waals surface area contributed by atoms with Crippen LogP contribution in [0.25, 0.3) is 0 Å². The molecule has 0 amide bonds. The van der Waals surface area contributed by atoms with Gasteiger partial charge in [-0.05, 0) is 25.8 Å². The third kappa shape index (κ3) is 3.97. The van der Waals surface area contributed by atoms with Gasteiger partial charge in [0, 0.05) is 12.6 Å². The molecule has 6 nitrogen and oxygen atoms in total. The van der Waals surface area contributed by atoms with Gasteiger partial charge in [-0.2, -0.15) is 0 Å². The summed E-state index contributed by atoms with van der Waals surface area (Å²) in [6.45, 7) is 1.45. The molecule has 0 atom stereocenters. The number of H-pyrrole nitrogens is 1. The zero-order valence-corrected chi connectivity index (χ0v) is 12.8. The highest BCUT2D eigenvalue weighted by Gasteiger charge is 2.24. The topological polar surface area (TPSA) is 84.2 Å². The Hall–Kier alpha value is -1.56. The molecule has 2 rings (SSSR count). The number of nitrogens with two attached hydrogens (primary N) is 1. The monoisotopic (exact) mass is 294 g/mol. The van der Waals surface area contributed by atoms with Crippen LogP contribution in [0, 0.1) is 0 Å². The Kier molecular flexibility index (Phi) is 6.04. The fourth-order valence-electron chi connectivity index (χ4n) is 3.06. The number of aromatic amines is 1. The molecule has 0 aromatic carbocycles. The van der Waals surface area contributed by atoms with Crippen molar-refractivity contribution in [3.05, 3.63) is 16.7 Å². The number of nitrogens with one attached hydrogen (secondary N) is 1. The fourth-order valence-corrected chi connectivity index (χ4v) is 3.06. The molecular formula is C15H26N4O2. The van der Waals surface area contributed by atoms with E-state index in [2.05, 4.69) is 14.9 Å². The van der Waals surface area contributed by atoms with Gasteiger partial charge in [0.2, 0.25) is 5.75 Å². The van der Waals surface area contributed by atoms with Gasteiger partial charge in [-0.15, -0.1) is 0 Å². The van der Waals surface area contributed by atoms with E-state index in [4.69, 9.17) is 10.5 Å². The minimum atomic E-state index is -0.228. The largest absolute Gasteiger partial charge is 0.489 e. The molecule has 0 bridgehead atoms. The summed E-state index contributed by atoms with van der Waals surface area (Å²) in [7, 11) is 1.52. The van der Waals surface area contributed by atoms with Crippen molar-refractivity contribution in [2.24, 2.45) is 5.73 Å². The summed E-state index contributed by atoms with van der Waals surface area (Å²) in [5, 5.41) is 0. The van der Waals surface area contributed by atoms with E-state index >= 15 is 0 Å². The van der Waals surface area contributed by atoms with Crippen molar-refractivity contribution >= 4 is 5.82 Å². The highest BCUT2D eigenvalue weighted by molar-refractivity contribution is 5.51. The molecular weight excluding hydrogens is 268 g/mol. The lowest BCUT2D eigenvalue weighted by Gasteiger charge is -2.32. The molecule has 0 saturated heterocycles. The molecule has 118 valence electrons. The molecule has 0 aliphatic heterocycles. The van der Waals surface area contributed by atoms with Gasteiger partial charge < -0.3 is 20.4 Å². The summed E-state index contributed by atoms with van der Waals surface area (Å²) in [6.07, 6.45) is 9.66. The van der Waals surface area contributed by atoms with Crippen molar-refractivity contribution in [2.45, 2.75) is 51.0 Å². The lowest BCUT2D eigenvalue weighted by Crippen LogP contribution is -2.38. The van der Waals surface area contributed by atoms with E-state index in [-0.39, 0.29) is 5.56 Å². The van der Waals surface area contributed by atoms with E-state index in [9.17, 15) is 4.79 Å². The summed E-state index contributed by atoms with van der Waals surface area (Å²) >= 11 is 0. The quantitative estimate of drug-likeness (QED) is 0.779. The molecule has 1 fully saturated rings. The second-order valence-electron chi connectivity index (χ2n) is 5.57. The third-order valence-corrected chi connectivity index (χ3v) is 4.14. The van der Waals surface area contributed by atoms with Gasteiger partial charge in [-0.1, -0.05) is 25.7 Å². The van der Waals surface area contributed by atoms with E-state index in [1.54, 1.807) is 0 Å². The molecule has 0 unspecified atom stereocenters. The van der Waals surface area contributed by atoms with Crippen molar-refractivity contribution in [3.63, 3.8) is 0 Å². The fraction of sp³-hybridized carbons (Fsp3) is 0.733. The first-order valence-electron chi connectivity index (χ1n) is 7.86. The van der Waals surface area contributed by atoms with Crippen molar-refractivity contribution in [1.82, 2.24) is 9.97 Å². The second-order valence-corrected chi connectivity index (χ2v) is 5.57. The predicted molar refractivity (Wildman–Crippen MR) is 83.9 cm³/mol. The Morgan fingerprint density at radius 2 is 2.10 bits per heavy atom. The van der Waals surface area contributed by atoms with Crippen LogP contribution in [0.15, 0.2) is 11.1 Å². The first kappa shape index (κ1) is 15.8. The van der Waals surface area contributed by atoms with Gasteiger partial charge in [-0.3, -0.25) is 4.79 Å². The van der Waals surface area contributed by atoms with Crippen LogP contribution in [-0.4, -0.2) is 36.2 Å². The molecule has 0 radical (unpaired) electrons. The van der Waals surface area contributed by atoms with Crippen molar-refractivity contribution in [2.75, 3.05) is 25.1 Å². The lowest BCUT2D eigenvalue weighted by atomic mass is 10.1. The van der Waals surface area contributed by atoms with E-state index in [0.29, 0.717) is 24.2 Å². The number of nitrogens with zero attached hydrogens (tertiary/aromatic N) is 2. The van der Waals surface area contributed by atoms with E-state index < -0.39 is 0 Å². The Morgan fingerprint density at radius 1 is 1.38 bits per heavy atom. The SMILES string of the molecule is COc1c(N(CCCN)C2CCCCCC2)nc[nH]c1=O. The number of anilines is 1. The van der Waals surface area contributed by atoms with Gasteiger partial charge in [-0.25, -0.2) is 4.98 Å². The Labute approximate surface area is 125 Å². The molecule has 1 aliphatic rings. The number of rotatable bonds is 6. The van der Waals surface area contributed by atoms with Crippen LogP contribution in [0.3, 0.4) is 0 Å². The van der Waals surface area contributed by atoms with Crippen LogP contribution in [0.4, 0.5) is 5.82 Å². The average molecular weight is 294 g/mol. The average Bonchev–Trinajstić information content (AvgIpc) is 2.77. The first-order chi connectivity index (χ1) is 10.3. The van der Waals surface area contributed by atoms with Crippen LogP contribution in [0.5, 0.6) is 5.75 Å². The first-order valence-corrected chi connectivity index (χ1v) is 7.86. The zero-order valence-electron chi connectivity index (χ0n) is 12.8. The van der Waals surface area contributed by atoms with Crippen molar-refractivity contribution < 1.29 is 4.74 Å². The van der Waals surface area contributed by atoms with Crippen LogP contribution in [0.1, 0.15) is 44.9 Å². The maximum absolute atomic E-state index is 11.9. The predicted octanol–water partition coefficient (Wildman–Crippen LogP) is 1.66. The zero-order chi connectivity index (χ0) is 15.1. The lowest BCUT2D eigenvalue weighted by molar-refractivity contribution is 0.400. The summed E-state index contributed by atoms with van der Waals surface area (Å²) in [5.74, 6) is 0.959. The van der Waals surface area contributed by atoms with Crippen molar-refractivity contribution in [1.29, 1.82) is 0 Å².